The van der Waals surface area contributed by atoms with Gasteiger partial charge >= 0.3 is 12.1 Å². The van der Waals surface area contributed by atoms with Crippen LogP contribution in [0.25, 0.3) is 6.08 Å². The Bertz CT molecular complexity index is 761. The van der Waals surface area contributed by atoms with Crippen LogP contribution < -0.4 is 10.2 Å². The molecule has 1 aromatic carbocycles. The van der Waals surface area contributed by atoms with Gasteiger partial charge in [-0.2, -0.15) is 13.2 Å². The molecule has 146 valence electrons. The molecule has 0 saturated carbocycles. The number of imide groups is 1. The van der Waals surface area contributed by atoms with Crippen molar-refractivity contribution in [2.75, 3.05) is 31.2 Å². The topological polar surface area (TPSA) is 95.9 Å². The van der Waals surface area contributed by atoms with Gasteiger partial charge < -0.3 is 14.7 Å². The highest BCUT2D eigenvalue weighted by Gasteiger charge is 2.38. The van der Waals surface area contributed by atoms with Gasteiger partial charge in [0.15, 0.2) is 0 Å². The first kappa shape index (κ1) is 20.8. The monoisotopic (exact) mass is 404 g/mol. The number of morpholine rings is 1. The number of aliphatic carboxylic acids is 1. The van der Waals surface area contributed by atoms with Gasteiger partial charge in [0.1, 0.15) is 0 Å². The van der Waals surface area contributed by atoms with Gasteiger partial charge in [-0.25, -0.2) is 4.79 Å². The molecule has 0 bridgehead atoms. The molecular formula is C16H15F3N2O5S. The summed E-state index contributed by atoms with van der Waals surface area (Å²) in [6.45, 7) is 3.21. The third kappa shape index (κ3) is 6.29. The van der Waals surface area contributed by atoms with E-state index in [1.807, 2.05) is 24.3 Å². The van der Waals surface area contributed by atoms with Crippen LogP contribution in [-0.2, 0) is 14.3 Å². The Balaban J connectivity index is 0.000000321. The predicted molar refractivity (Wildman–Crippen MR) is 92.3 cm³/mol. The highest BCUT2D eigenvalue weighted by molar-refractivity contribution is 8.18. The van der Waals surface area contributed by atoms with E-state index in [0.717, 1.165) is 49.3 Å². The zero-order valence-electron chi connectivity index (χ0n) is 13.8. The first-order valence-corrected chi connectivity index (χ1v) is 8.46. The molecule has 0 aromatic heterocycles. The Kier molecular flexibility index (Phi) is 6.86. The van der Waals surface area contributed by atoms with E-state index in [1.165, 1.54) is 0 Å². The van der Waals surface area contributed by atoms with Gasteiger partial charge in [0.2, 0.25) is 0 Å². The van der Waals surface area contributed by atoms with E-state index in [-0.39, 0.29) is 11.1 Å². The Morgan fingerprint density at radius 3 is 2.41 bits per heavy atom. The van der Waals surface area contributed by atoms with Crippen molar-refractivity contribution in [1.29, 1.82) is 0 Å². The largest absolute Gasteiger partial charge is 0.490 e. The number of alkyl halides is 3. The third-order valence-electron chi connectivity index (χ3n) is 3.43. The van der Waals surface area contributed by atoms with Crippen LogP contribution in [0.4, 0.5) is 23.7 Å². The molecular weight excluding hydrogens is 389 g/mol. The summed E-state index contributed by atoms with van der Waals surface area (Å²) in [4.78, 5) is 34.2. The van der Waals surface area contributed by atoms with Crippen LogP contribution >= 0.6 is 11.8 Å². The number of carbonyl (C=O) groups excluding carboxylic acids is 2. The van der Waals surface area contributed by atoms with E-state index < -0.39 is 12.1 Å². The molecule has 27 heavy (non-hydrogen) atoms. The van der Waals surface area contributed by atoms with Crippen molar-refractivity contribution in [2.24, 2.45) is 0 Å². The van der Waals surface area contributed by atoms with Gasteiger partial charge in [0, 0.05) is 18.8 Å². The molecule has 0 radical (unpaired) electrons. The van der Waals surface area contributed by atoms with Crippen LogP contribution in [-0.4, -0.2) is 54.7 Å². The average Bonchev–Trinajstić information content (AvgIpc) is 2.93. The maximum absolute atomic E-state index is 11.5. The third-order valence-corrected chi connectivity index (χ3v) is 4.24. The molecule has 2 N–H and O–H groups in total. The van der Waals surface area contributed by atoms with Gasteiger partial charge in [0.25, 0.3) is 11.1 Å². The second kappa shape index (κ2) is 8.91. The first-order chi connectivity index (χ1) is 12.7. The first-order valence-electron chi connectivity index (χ1n) is 7.64. The molecule has 0 atom stereocenters. The van der Waals surface area contributed by atoms with Gasteiger partial charge in [-0.05, 0) is 35.5 Å². The lowest BCUT2D eigenvalue weighted by Crippen LogP contribution is -2.36. The molecule has 2 aliphatic rings. The summed E-state index contributed by atoms with van der Waals surface area (Å²) in [5.41, 5.74) is 2.03. The highest BCUT2D eigenvalue weighted by Crippen LogP contribution is 2.27. The van der Waals surface area contributed by atoms with Gasteiger partial charge in [-0.1, -0.05) is 12.1 Å². The highest BCUT2D eigenvalue weighted by atomic mass is 32.2. The summed E-state index contributed by atoms with van der Waals surface area (Å²) in [5.74, 6) is -3.08. The van der Waals surface area contributed by atoms with Crippen LogP contribution in [0.1, 0.15) is 5.56 Å². The molecule has 1 aromatic rings. The fourth-order valence-corrected chi connectivity index (χ4v) is 2.89. The normalized spacial score (nSPS) is 18.8. The second-order valence-electron chi connectivity index (χ2n) is 5.35. The molecule has 7 nitrogen and oxygen atoms in total. The van der Waals surface area contributed by atoms with E-state index >= 15 is 0 Å². The number of anilines is 1. The molecule has 2 heterocycles. The molecule has 0 unspecified atom stereocenters. The Morgan fingerprint density at radius 1 is 1.26 bits per heavy atom. The van der Waals surface area contributed by atoms with Crippen molar-refractivity contribution in [2.45, 2.75) is 6.18 Å². The number of carboxylic acids is 1. The number of nitrogens with one attached hydrogen (secondary N) is 1. The van der Waals surface area contributed by atoms with E-state index in [2.05, 4.69) is 10.2 Å². The number of ether oxygens (including phenoxy) is 1. The smallest absolute Gasteiger partial charge is 0.475 e. The van der Waals surface area contributed by atoms with E-state index in [4.69, 9.17) is 14.6 Å². The minimum absolute atomic E-state index is 0.314. The van der Waals surface area contributed by atoms with Crippen molar-refractivity contribution in [3.8, 4) is 0 Å². The minimum Gasteiger partial charge on any atom is -0.475 e. The molecule has 0 aliphatic carbocycles. The summed E-state index contributed by atoms with van der Waals surface area (Å²) in [5, 5.41) is 9.07. The van der Waals surface area contributed by atoms with Crippen LogP contribution in [0.3, 0.4) is 0 Å². The maximum atomic E-state index is 11.5. The molecule has 2 fully saturated rings. The van der Waals surface area contributed by atoms with Crippen LogP contribution in [0, 0.1) is 0 Å². The standard InChI is InChI=1S/C14H14N2O3S.C2HF3O2/c17-13-12(20-14(18)15-13)9-10-2-1-3-11(8-10)16-4-6-19-7-5-16;3-2(4,5)1(6)7/h1-3,8-9H,4-7H2,(H,15,17,18);(H,6,7)/b12-9-;. The zero-order valence-corrected chi connectivity index (χ0v) is 14.6. The fraction of sp³-hybridized carbons (Fsp3) is 0.312. The number of carboxylic acid groups (broad SMARTS) is 1. The minimum atomic E-state index is -5.08. The second-order valence-corrected chi connectivity index (χ2v) is 6.36. The molecule has 11 heteroatoms. The number of halogens is 3. The molecule has 0 spiro atoms. The lowest BCUT2D eigenvalue weighted by Gasteiger charge is -2.29. The van der Waals surface area contributed by atoms with Gasteiger partial charge in [-0.15, -0.1) is 0 Å². The van der Waals surface area contributed by atoms with E-state index in [1.54, 1.807) is 6.08 Å². The van der Waals surface area contributed by atoms with Crippen molar-refractivity contribution in [3.05, 3.63) is 34.7 Å². The lowest BCUT2D eigenvalue weighted by atomic mass is 10.1. The molecule has 2 aliphatic heterocycles. The lowest BCUT2D eigenvalue weighted by molar-refractivity contribution is -0.192. The van der Waals surface area contributed by atoms with Gasteiger partial charge in [-0.3, -0.25) is 14.9 Å². The number of rotatable bonds is 2. The number of thioether (sulfide) groups is 1. The van der Waals surface area contributed by atoms with Crippen LogP contribution in [0.15, 0.2) is 29.2 Å². The Morgan fingerprint density at radius 2 is 1.89 bits per heavy atom. The van der Waals surface area contributed by atoms with Crippen LogP contribution in [0.5, 0.6) is 0 Å². The average molecular weight is 404 g/mol. The SMILES string of the molecule is O=C(O)C(F)(F)F.O=C1NC(=O)/C(=C/c2cccc(N3CCOCC3)c2)S1. The van der Waals surface area contributed by atoms with Gasteiger partial charge in [0.05, 0.1) is 18.1 Å². The summed E-state index contributed by atoms with van der Waals surface area (Å²) >= 11 is 0.938. The number of benzene rings is 1. The zero-order chi connectivity index (χ0) is 20.0. The quantitative estimate of drug-likeness (QED) is 0.731. The Hall–Kier alpha value is -2.53. The molecule has 2 amide bonds. The number of nitrogens with zero attached hydrogens (tertiary/aromatic N) is 1. The molecule has 2 saturated heterocycles. The summed E-state index contributed by atoms with van der Waals surface area (Å²) in [6.07, 6.45) is -3.34. The number of hydrogen-bond acceptors (Lipinski definition) is 6. The van der Waals surface area contributed by atoms with Crippen molar-refractivity contribution in [1.82, 2.24) is 5.32 Å². The summed E-state index contributed by atoms with van der Waals surface area (Å²) < 4.78 is 37.1. The van der Waals surface area contributed by atoms with Crippen molar-refractivity contribution >= 4 is 40.6 Å². The van der Waals surface area contributed by atoms with Crippen molar-refractivity contribution in [3.63, 3.8) is 0 Å². The fourth-order valence-electron chi connectivity index (χ4n) is 2.21. The summed E-state index contributed by atoms with van der Waals surface area (Å²) in [7, 11) is 0. The van der Waals surface area contributed by atoms with E-state index in [0.29, 0.717) is 4.91 Å². The maximum Gasteiger partial charge on any atom is 0.490 e. The number of amides is 2. The predicted octanol–water partition coefficient (Wildman–Crippen LogP) is 2.48. The summed E-state index contributed by atoms with van der Waals surface area (Å²) in [6, 6.07) is 7.94. The number of hydrogen-bond donors (Lipinski definition) is 2. The Labute approximate surface area is 156 Å². The number of carbonyl (C=O) groups is 3. The van der Waals surface area contributed by atoms with Crippen molar-refractivity contribution < 1.29 is 37.4 Å². The molecule has 3 rings (SSSR count). The van der Waals surface area contributed by atoms with Crippen LogP contribution in [0.2, 0.25) is 0 Å². The van der Waals surface area contributed by atoms with E-state index in [9.17, 15) is 22.8 Å².